The smallest absolute Gasteiger partial charge is 0.406 e. The fourth-order valence-corrected chi connectivity index (χ4v) is 5.84. The van der Waals surface area contributed by atoms with Crippen LogP contribution in [0.4, 0.5) is 5.95 Å². The molecule has 4 heterocycles. The van der Waals surface area contributed by atoms with Gasteiger partial charge in [0.05, 0.1) is 19.0 Å². The molecule has 6 atom stereocenters. The number of aromatic nitrogens is 4. The van der Waals surface area contributed by atoms with E-state index in [0.29, 0.717) is 0 Å². The zero-order chi connectivity index (χ0) is 23.4. The van der Waals surface area contributed by atoms with E-state index in [0.717, 1.165) is 0 Å². The molecule has 4 rings (SSSR count). The summed E-state index contributed by atoms with van der Waals surface area (Å²) in [6, 6.07) is -0.948. The number of fused-ring (bicyclic) bond motifs is 2. The minimum Gasteiger partial charge on any atom is -0.462 e. The average Bonchev–Trinajstić information content (AvgIpc) is 3.19. The number of nitrogens with one attached hydrogen (secondary N) is 2. The number of imidazole rings is 1. The summed E-state index contributed by atoms with van der Waals surface area (Å²) in [4.78, 5) is 33.5. The normalized spacial score (nSPS) is 33.4. The van der Waals surface area contributed by atoms with Crippen LogP contribution >= 0.6 is 19.3 Å². The summed E-state index contributed by atoms with van der Waals surface area (Å²) in [5, 5.41) is 2.57. The molecule has 2 fully saturated rings. The van der Waals surface area contributed by atoms with Gasteiger partial charge in [-0.05, 0) is 27.7 Å². The molecular formula is C17H24ClN6O7P. The molecule has 2 aliphatic heterocycles. The van der Waals surface area contributed by atoms with Crippen molar-refractivity contribution in [1.29, 1.82) is 0 Å². The maximum Gasteiger partial charge on any atom is 0.406 e. The number of nitrogen functional groups attached to an aromatic ring is 1. The van der Waals surface area contributed by atoms with E-state index in [1.165, 1.54) is 17.8 Å². The number of carbonyl (C=O) groups is 1. The Kier molecular flexibility index (Phi) is 5.85. The van der Waals surface area contributed by atoms with Gasteiger partial charge < -0.3 is 15.2 Å². The van der Waals surface area contributed by atoms with Gasteiger partial charge in [-0.3, -0.25) is 28.2 Å². The Morgan fingerprint density at radius 3 is 2.91 bits per heavy atom. The molecule has 0 saturated carbocycles. The zero-order valence-electron chi connectivity index (χ0n) is 17.8. The van der Waals surface area contributed by atoms with E-state index < -0.39 is 48.6 Å². The van der Waals surface area contributed by atoms with E-state index in [9.17, 15) is 14.2 Å². The summed E-state index contributed by atoms with van der Waals surface area (Å²) in [5.74, 6) is -0.691. The molecule has 15 heteroatoms. The van der Waals surface area contributed by atoms with Crippen LogP contribution in [0.25, 0.3) is 11.2 Å². The fraction of sp³-hybridized carbons (Fsp3) is 0.647. The number of esters is 1. The third-order valence-corrected chi connectivity index (χ3v) is 7.20. The van der Waals surface area contributed by atoms with Crippen LogP contribution in [0.1, 0.15) is 33.9 Å². The first kappa shape index (κ1) is 23.1. The Hall–Kier alpha value is -2.02. The molecule has 176 valence electrons. The minimum absolute atomic E-state index is 0.0622. The van der Waals surface area contributed by atoms with Crippen LogP contribution in [0.2, 0.25) is 0 Å². The number of nitrogens with two attached hydrogens (primary N) is 1. The second-order valence-corrected chi connectivity index (χ2v) is 10.6. The number of aromatic amines is 1. The minimum atomic E-state index is -3.91. The molecule has 2 aromatic heterocycles. The van der Waals surface area contributed by atoms with Crippen molar-refractivity contribution in [3.8, 4) is 0 Å². The molecule has 0 aromatic carbocycles. The topological polar surface area (TPSA) is 173 Å². The highest BCUT2D eigenvalue weighted by atomic mass is 35.5. The van der Waals surface area contributed by atoms with Gasteiger partial charge in [0.2, 0.25) is 5.95 Å². The van der Waals surface area contributed by atoms with Gasteiger partial charge in [0.15, 0.2) is 17.4 Å². The predicted molar refractivity (Wildman–Crippen MR) is 113 cm³/mol. The van der Waals surface area contributed by atoms with Gasteiger partial charge in [-0.15, -0.1) is 11.6 Å². The second-order valence-electron chi connectivity index (χ2n) is 8.11. The number of rotatable bonds is 5. The molecule has 0 radical (unpaired) electrons. The molecular weight excluding hydrogens is 467 g/mol. The second kappa shape index (κ2) is 8.08. The van der Waals surface area contributed by atoms with E-state index >= 15 is 0 Å². The number of ether oxygens (including phenoxy) is 2. The SMILES string of the molecule is CC(C)OC(=O)[C@H](C)N[P@]1(=O)OC[C@H]2O[C@@H](n3cnc4c(=O)[nH]c(N)nc43)[C@](C)(Cl)[C@@H]2O1. The Labute approximate surface area is 187 Å². The molecule has 0 unspecified atom stereocenters. The van der Waals surface area contributed by atoms with E-state index in [1.54, 1.807) is 20.8 Å². The third kappa shape index (κ3) is 4.04. The molecule has 32 heavy (non-hydrogen) atoms. The standard InChI is InChI=1S/C17H24ClN6O7P/c1-7(2)29-14(26)8(3)23-32(27)28-5-9-11(31-32)17(4,18)15(30-9)24-6-20-10-12(24)21-16(19)22-13(10)25/h6-9,11,15H,5H2,1-4H3,(H,23,27)(H3,19,21,22,25)/t8-,9+,11+,15+,17+,32-/m0/s1. The number of carbonyl (C=O) groups excluding carboxylic acids is 1. The number of H-pyrrole nitrogens is 1. The molecule has 0 amide bonds. The fourth-order valence-electron chi connectivity index (χ4n) is 3.67. The van der Waals surface area contributed by atoms with Crippen molar-refractivity contribution in [3.63, 3.8) is 0 Å². The highest BCUT2D eigenvalue weighted by molar-refractivity contribution is 7.51. The van der Waals surface area contributed by atoms with Crippen molar-refractivity contribution in [2.24, 2.45) is 0 Å². The predicted octanol–water partition coefficient (Wildman–Crippen LogP) is 1.05. The van der Waals surface area contributed by atoms with Crippen molar-refractivity contribution in [3.05, 3.63) is 16.7 Å². The Balaban J connectivity index is 1.58. The Morgan fingerprint density at radius 2 is 2.22 bits per heavy atom. The highest BCUT2D eigenvalue weighted by Gasteiger charge is 2.60. The first-order chi connectivity index (χ1) is 14.9. The van der Waals surface area contributed by atoms with Crippen LogP contribution in [0.3, 0.4) is 0 Å². The van der Waals surface area contributed by atoms with Crippen molar-refractivity contribution in [2.75, 3.05) is 12.3 Å². The summed E-state index contributed by atoms with van der Waals surface area (Å²) in [6.07, 6.45) is -1.43. The van der Waals surface area contributed by atoms with Crippen molar-refractivity contribution >= 4 is 42.4 Å². The number of hydrogen-bond donors (Lipinski definition) is 3. The molecule has 2 aromatic rings. The van der Waals surface area contributed by atoms with Crippen molar-refractivity contribution in [2.45, 2.75) is 63.2 Å². The van der Waals surface area contributed by atoms with Crippen LogP contribution in [-0.2, 0) is 27.9 Å². The molecule has 0 aliphatic carbocycles. The molecule has 13 nitrogen and oxygen atoms in total. The van der Waals surface area contributed by atoms with Gasteiger partial charge in [-0.25, -0.2) is 14.6 Å². The van der Waals surface area contributed by atoms with E-state index in [4.69, 9.17) is 35.9 Å². The van der Waals surface area contributed by atoms with Gasteiger partial charge in [-0.1, -0.05) is 0 Å². The summed E-state index contributed by atoms with van der Waals surface area (Å²) in [7, 11) is -3.91. The van der Waals surface area contributed by atoms with Crippen LogP contribution in [0, 0.1) is 0 Å². The van der Waals surface area contributed by atoms with Crippen LogP contribution in [0.15, 0.2) is 11.1 Å². The Bertz CT molecular complexity index is 1150. The molecule has 0 spiro atoms. The number of halogens is 1. The quantitative estimate of drug-likeness (QED) is 0.310. The summed E-state index contributed by atoms with van der Waals surface area (Å²) in [6.45, 7) is 6.43. The Morgan fingerprint density at radius 1 is 1.50 bits per heavy atom. The first-order valence-corrected chi connectivity index (χ1v) is 11.8. The lowest BCUT2D eigenvalue weighted by Gasteiger charge is -2.36. The summed E-state index contributed by atoms with van der Waals surface area (Å²) >= 11 is 6.83. The molecule has 2 saturated heterocycles. The van der Waals surface area contributed by atoms with Gasteiger partial charge in [0.25, 0.3) is 5.56 Å². The monoisotopic (exact) mass is 490 g/mol. The lowest BCUT2D eigenvalue weighted by atomic mass is 10.0. The number of anilines is 1. The third-order valence-electron chi connectivity index (χ3n) is 5.10. The van der Waals surface area contributed by atoms with Crippen molar-refractivity contribution < 1.29 is 27.9 Å². The van der Waals surface area contributed by atoms with Gasteiger partial charge in [0, 0.05) is 0 Å². The summed E-state index contributed by atoms with van der Waals surface area (Å²) < 4.78 is 36.9. The lowest BCUT2D eigenvalue weighted by Crippen LogP contribution is -2.47. The average molecular weight is 491 g/mol. The highest BCUT2D eigenvalue weighted by Crippen LogP contribution is 2.57. The van der Waals surface area contributed by atoms with E-state index in [-0.39, 0.29) is 29.8 Å². The van der Waals surface area contributed by atoms with Crippen LogP contribution < -0.4 is 16.4 Å². The van der Waals surface area contributed by atoms with Crippen LogP contribution in [-0.4, -0.2) is 61.3 Å². The zero-order valence-corrected chi connectivity index (χ0v) is 19.4. The van der Waals surface area contributed by atoms with Gasteiger partial charge in [0.1, 0.15) is 23.1 Å². The maximum atomic E-state index is 13.2. The van der Waals surface area contributed by atoms with Crippen LogP contribution in [0.5, 0.6) is 0 Å². The number of alkyl halides is 1. The number of nitrogens with zero attached hydrogens (tertiary/aromatic N) is 3. The van der Waals surface area contributed by atoms with Crippen molar-refractivity contribution in [1.82, 2.24) is 24.6 Å². The lowest BCUT2D eigenvalue weighted by molar-refractivity contribution is -0.149. The van der Waals surface area contributed by atoms with E-state index in [2.05, 4.69) is 20.0 Å². The van der Waals surface area contributed by atoms with Gasteiger partial charge in [-0.2, -0.15) is 4.98 Å². The summed E-state index contributed by atoms with van der Waals surface area (Å²) in [5.41, 5.74) is 5.39. The molecule has 0 bridgehead atoms. The first-order valence-electron chi connectivity index (χ1n) is 9.89. The molecule has 2 aliphatic rings. The largest absolute Gasteiger partial charge is 0.462 e. The number of hydrogen-bond acceptors (Lipinski definition) is 10. The molecule has 4 N–H and O–H groups in total. The van der Waals surface area contributed by atoms with Gasteiger partial charge >= 0.3 is 13.7 Å². The maximum absolute atomic E-state index is 13.2. The van der Waals surface area contributed by atoms with E-state index in [1.807, 2.05) is 0 Å².